The van der Waals surface area contributed by atoms with E-state index in [2.05, 4.69) is 11.5 Å². The van der Waals surface area contributed by atoms with Gasteiger partial charge in [0.1, 0.15) is 12.4 Å². The molecule has 4 aromatic rings. The zero-order chi connectivity index (χ0) is 31.1. The van der Waals surface area contributed by atoms with Crippen molar-refractivity contribution in [3.05, 3.63) is 131 Å². The van der Waals surface area contributed by atoms with Gasteiger partial charge >= 0.3 is 0 Å². The normalized spacial score (nSPS) is 11.0. The second-order valence-electron chi connectivity index (χ2n) is 11.2. The smallest absolute Gasteiger partial charge is 0.254 e. The molecule has 4 rings (SSSR count). The topological polar surface area (TPSA) is 54.8 Å². The predicted octanol–water partition coefficient (Wildman–Crippen LogP) is 7.12. The molecule has 0 bridgehead atoms. The highest BCUT2D eigenvalue weighted by atomic mass is 19.1. The maximum Gasteiger partial charge on any atom is 0.254 e. The third-order valence-corrected chi connectivity index (χ3v) is 7.77. The number of ether oxygens (including phenoxy) is 1. The fourth-order valence-corrected chi connectivity index (χ4v) is 5.26. The van der Waals surface area contributed by atoms with Gasteiger partial charge in [-0.05, 0) is 72.4 Å². The lowest BCUT2D eigenvalue weighted by atomic mass is 10.0. The summed E-state index contributed by atoms with van der Waals surface area (Å²) in [7, 11) is 1.64. The van der Waals surface area contributed by atoms with Crippen molar-refractivity contribution >= 4 is 11.8 Å². The Morgan fingerprint density at radius 1 is 0.773 bits per heavy atom. The van der Waals surface area contributed by atoms with E-state index in [1.54, 1.807) is 29.0 Å². The Labute approximate surface area is 261 Å². The summed E-state index contributed by atoms with van der Waals surface area (Å²) in [4.78, 5) is 31.2. The van der Waals surface area contributed by atoms with E-state index in [1.807, 2.05) is 72.9 Å². The molecule has 0 spiro atoms. The number of unbranched alkanes of at least 4 members (excludes halogenated alkanes) is 2. The van der Waals surface area contributed by atoms with E-state index in [0.717, 1.165) is 29.7 Å². The van der Waals surface area contributed by atoms with Crippen LogP contribution >= 0.6 is 0 Å². The van der Waals surface area contributed by atoms with E-state index >= 15 is 0 Å². The third-order valence-electron chi connectivity index (χ3n) is 7.77. The van der Waals surface area contributed by atoms with Crippen LogP contribution in [0.15, 0.2) is 97.2 Å². The van der Waals surface area contributed by atoms with Crippen LogP contribution in [0.2, 0.25) is 0 Å². The summed E-state index contributed by atoms with van der Waals surface area (Å²) >= 11 is 0. The summed E-state index contributed by atoms with van der Waals surface area (Å²) in [5.74, 6) is -0.562. The second kappa shape index (κ2) is 17.2. The average molecular weight is 598 g/mol. The standard InChI is InChI=1S/C37H44FN3O3/c1-3-4-6-11-30-15-19-33(20-16-30)37(43)40(24-10-25-44-2)29-36(42)41(27-31-12-7-5-8-13-31)28-35-14-9-23-39(35)26-32-17-21-34(38)22-18-32/h5,7-9,12-23H,3-4,6,10-11,24-29H2,1-2H3. The number of aromatic nitrogens is 1. The van der Waals surface area contributed by atoms with Gasteiger partial charge in [-0.2, -0.15) is 0 Å². The van der Waals surface area contributed by atoms with Gasteiger partial charge in [-0.1, -0.05) is 74.4 Å². The number of hydrogen-bond acceptors (Lipinski definition) is 3. The predicted molar refractivity (Wildman–Crippen MR) is 173 cm³/mol. The number of halogens is 1. The second-order valence-corrected chi connectivity index (χ2v) is 11.2. The van der Waals surface area contributed by atoms with Crippen LogP contribution in [0.25, 0.3) is 0 Å². The molecule has 0 saturated carbocycles. The number of hydrogen-bond donors (Lipinski definition) is 0. The first-order valence-corrected chi connectivity index (χ1v) is 15.5. The van der Waals surface area contributed by atoms with E-state index in [4.69, 9.17) is 4.74 Å². The molecule has 0 atom stereocenters. The molecule has 232 valence electrons. The SMILES string of the molecule is CCCCCc1ccc(C(=O)N(CCCOC)CC(=O)N(Cc2ccccc2)Cc2cccn2Cc2ccc(F)cc2)cc1. The molecular weight excluding hydrogens is 553 g/mol. The fourth-order valence-electron chi connectivity index (χ4n) is 5.26. The summed E-state index contributed by atoms with van der Waals surface area (Å²) in [5, 5.41) is 0. The largest absolute Gasteiger partial charge is 0.385 e. The minimum absolute atomic E-state index is 0.0354. The number of carbonyl (C=O) groups excluding carboxylic acids is 2. The van der Waals surface area contributed by atoms with Crippen LogP contribution in [-0.4, -0.2) is 53.0 Å². The van der Waals surface area contributed by atoms with Gasteiger partial charge in [0.25, 0.3) is 5.91 Å². The minimum atomic E-state index is -0.270. The molecule has 44 heavy (non-hydrogen) atoms. The highest BCUT2D eigenvalue weighted by molar-refractivity contribution is 5.96. The van der Waals surface area contributed by atoms with Crippen molar-refractivity contribution in [3.8, 4) is 0 Å². The van der Waals surface area contributed by atoms with Gasteiger partial charge in [0, 0.05) is 50.8 Å². The van der Waals surface area contributed by atoms with Crippen molar-refractivity contribution in [1.29, 1.82) is 0 Å². The van der Waals surface area contributed by atoms with Crippen molar-refractivity contribution in [3.63, 3.8) is 0 Å². The van der Waals surface area contributed by atoms with Crippen LogP contribution in [0.1, 0.15) is 65.3 Å². The number of benzene rings is 3. The molecule has 0 aliphatic carbocycles. The molecule has 6 nitrogen and oxygen atoms in total. The first-order chi connectivity index (χ1) is 21.5. The molecule has 1 heterocycles. The maximum atomic E-state index is 14.0. The van der Waals surface area contributed by atoms with Gasteiger partial charge in [0.05, 0.1) is 6.54 Å². The van der Waals surface area contributed by atoms with Gasteiger partial charge in [-0.3, -0.25) is 9.59 Å². The Bertz CT molecular complexity index is 1440. The summed E-state index contributed by atoms with van der Waals surface area (Å²) in [5.41, 5.74) is 4.73. The first-order valence-electron chi connectivity index (χ1n) is 15.5. The molecule has 1 aromatic heterocycles. The van der Waals surface area contributed by atoms with Crippen molar-refractivity contribution < 1.29 is 18.7 Å². The van der Waals surface area contributed by atoms with E-state index < -0.39 is 0 Å². The molecule has 7 heteroatoms. The number of nitrogens with zero attached hydrogens (tertiary/aromatic N) is 3. The monoisotopic (exact) mass is 597 g/mol. The molecule has 0 saturated heterocycles. The lowest BCUT2D eigenvalue weighted by Gasteiger charge is -2.28. The highest BCUT2D eigenvalue weighted by Crippen LogP contribution is 2.16. The molecular formula is C37H44FN3O3. The molecule has 0 fully saturated rings. The summed E-state index contributed by atoms with van der Waals surface area (Å²) in [6.45, 7) is 4.41. The van der Waals surface area contributed by atoms with Gasteiger partial charge in [0.15, 0.2) is 0 Å². The Balaban J connectivity index is 1.52. The lowest BCUT2D eigenvalue weighted by molar-refractivity contribution is -0.133. The van der Waals surface area contributed by atoms with Crippen LogP contribution in [0.4, 0.5) is 4.39 Å². The first kappa shape index (κ1) is 32.7. The van der Waals surface area contributed by atoms with Gasteiger partial charge in [-0.25, -0.2) is 4.39 Å². The number of carbonyl (C=O) groups is 2. The Kier molecular flexibility index (Phi) is 12.7. The Morgan fingerprint density at radius 3 is 2.20 bits per heavy atom. The summed E-state index contributed by atoms with van der Waals surface area (Å²) in [6.07, 6.45) is 7.08. The maximum absolute atomic E-state index is 14.0. The highest BCUT2D eigenvalue weighted by Gasteiger charge is 2.23. The van der Waals surface area contributed by atoms with Crippen LogP contribution in [-0.2, 0) is 35.6 Å². The van der Waals surface area contributed by atoms with Gasteiger partial charge < -0.3 is 19.1 Å². The van der Waals surface area contributed by atoms with E-state index in [0.29, 0.717) is 44.8 Å². The van der Waals surface area contributed by atoms with Gasteiger partial charge in [0.2, 0.25) is 5.91 Å². The zero-order valence-electron chi connectivity index (χ0n) is 26.0. The molecule has 0 aliphatic rings. The Morgan fingerprint density at radius 2 is 1.50 bits per heavy atom. The molecule has 2 amide bonds. The molecule has 0 N–H and O–H groups in total. The number of amides is 2. The Hall–Kier alpha value is -4.23. The number of rotatable bonds is 17. The van der Waals surface area contributed by atoms with Gasteiger partial charge in [-0.15, -0.1) is 0 Å². The molecule has 3 aromatic carbocycles. The number of aryl methyl sites for hydroxylation is 1. The van der Waals surface area contributed by atoms with E-state index in [9.17, 15) is 14.0 Å². The third kappa shape index (κ3) is 9.91. The van der Waals surface area contributed by atoms with Crippen LogP contribution < -0.4 is 0 Å². The fraction of sp³-hybridized carbons (Fsp3) is 0.351. The summed E-state index contributed by atoms with van der Waals surface area (Å²) in [6, 6.07) is 28.1. The molecule has 0 unspecified atom stereocenters. The lowest BCUT2D eigenvalue weighted by Crippen LogP contribution is -2.43. The number of methoxy groups -OCH3 is 1. The quantitative estimate of drug-likeness (QED) is 0.122. The summed E-state index contributed by atoms with van der Waals surface area (Å²) < 4.78 is 20.8. The van der Waals surface area contributed by atoms with Crippen molar-refractivity contribution in [2.75, 3.05) is 26.8 Å². The van der Waals surface area contributed by atoms with Crippen LogP contribution in [0.3, 0.4) is 0 Å². The van der Waals surface area contributed by atoms with Crippen LogP contribution in [0.5, 0.6) is 0 Å². The minimum Gasteiger partial charge on any atom is -0.385 e. The molecule has 0 aliphatic heterocycles. The molecule has 0 radical (unpaired) electrons. The zero-order valence-corrected chi connectivity index (χ0v) is 26.0. The average Bonchev–Trinajstić information content (AvgIpc) is 3.48. The van der Waals surface area contributed by atoms with Crippen molar-refractivity contribution in [1.82, 2.24) is 14.4 Å². The van der Waals surface area contributed by atoms with Crippen molar-refractivity contribution in [2.24, 2.45) is 0 Å². The van der Waals surface area contributed by atoms with E-state index in [-0.39, 0.29) is 24.2 Å². The van der Waals surface area contributed by atoms with E-state index in [1.165, 1.54) is 30.5 Å². The van der Waals surface area contributed by atoms with Crippen molar-refractivity contribution in [2.45, 2.75) is 58.7 Å². The van der Waals surface area contributed by atoms with Crippen LogP contribution in [0, 0.1) is 5.82 Å².